The lowest BCUT2D eigenvalue weighted by Crippen LogP contribution is -2.09. The van der Waals surface area contributed by atoms with Crippen LogP contribution < -0.4 is 5.32 Å². The molecule has 1 atom stereocenters. The molecule has 0 saturated carbocycles. The van der Waals surface area contributed by atoms with Crippen LogP contribution in [0.3, 0.4) is 0 Å². The monoisotopic (exact) mass is 404 g/mol. The van der Waals surface area contributed by atoms with Gasteiger partial charge in [-0.1, -0.05) is 36.4 Å². The van der Waals surface area contributed by atoms with Crippen molar-refractivity contribution in [1.82, 2.24) is 9.55 Å². The maximum Gasteiger partial charge on any atom is 0.338 e. The van der Waals surface area contributed by atoms with Crippen molar-refractivity contribution in [2.24, 2.45) is 4.99 Å². The van der Waals surface area contributed by atoms with Crippen LogP contribution in [0.2, 0.25) is 0 Å². The molecule has 154 valence electrons. The van der Waals surface area contributed by atoms with Gasteiger partial charge in [-0.2, -0.15) is 0 Å². The highest BCUT2D eigenvalue weighted by Crippen LogP contribution is 2.26. The van der Waals surface area contributed by atoms with E-state index in [4.69, 9.17) is 4.74 Å². The summed E-state index contributed by atoms with van der Waals surface area (Å²) >= 11 is 0. The lowest BCUT2D eigenvalue weighted by Gasteiger charge is -2.12. The topological polar surface area (TPSA) is 88.7 Å². The number of nitrogens with one attached hydrogen (secondary N) is 1. The summed E-state index contributed by atoms with van der Waals surface area (Å²) in [4.78, 5) is 20.8. The fourth-order valence-electron chi connectivity index (χ4n) is 3.53. The number of ether oxygens (including phenoxy) is 1. The molecule has 7 heteroatoms. The number of hydrogen-bond acceptors (Lipinski definition) is 6. The van der Waals surface area contributed by atoms with Crippen LogP contribution in [0.4, 0.5) is 5.82 Å². The summed E-state index contributed by atoms with van der Waals surface area (Å²) in [6, 6.07) is 15.8. The second-order valence-electron chi connectivity index (χ2n) is 7.08. The highest BCUT2D eigenvalue weighted by molar-refractivity contribution is 5.91. The number of aromatic nitrogens is 2. The summed E-state index contributed by atoms with van der Waals surface area (Å²) in [5, 5.41) is 13.3. The summed E-state index contributed by atoms with van der Waals surface area (Å²) in [6.45, 7) is 3.06. The summed E-state index contributed by atoms with van der Waals surface area (Å²) < 4.78 is 7.17. The highest BCUT2D eigenvalue weighted by atomic mass is 16.5. The SMILES string of the molecule is CCOC(=O)c1cc(CCn2cnc3c2NC=NCC3O)cc(-c2ccccc2)c1. The highest BCUT2D eigenvalue weighted by Gasteiger charge is 2.20. The first-order valence-corrected chi connectivity index (χ1v) is 10.00. The molecule has 3 aromatic rings. The maximum atomic E-state index is 12.4. The largest absolute Gasteiger partial charge is 0.462 e. The van der Waals surface area contributed by atoms with Crippen LogP contribution in [-0.2, 0) is 17.7 Å². The molecule has 0 fully saturated rings. The number of fused-ring (bicyclic) bond motifs is 1. The van der Waals surface area contributed by atoms with Crippen molar-refractivity contribution >= 4 is 18.1 Å². The van der Waals surface area contributed by atoms with Crippen LogP contribution in [0.15, 0.2) is 59.9 Å². The third kappa shape index (κ3) is 4.26. The molecule has 0 saturated heterocycles. The number of carbonyl (C=O) groups is 1. The third-order valence-corrected chi connectivity index (χ3v) is 5.01. The molecule has 1 aliphatic rings. The second kappa shape index (κ2) is 8.92. The number of aliphatic hydroxyl groups excluding tert-OH is 1. The first kappa shape index (κ1) is 19.8. The Hall–Kier alpha value is -3.45. The fraction of sp³-hybridized carbons (Fsp3) is 0.261. The van der Waals surface area contributed by atoms with E-state index < -0.39 is 6.10 Å². The van der Waals surface area contributed by atoms with E-state index in [2.05, 4.69) is 21.4 Å². The van der Waals surface area contributed by atoms with Gasteiger partial charge in [0, 0.05) is 6.54 Å². The van der Waals surface area contributed by atoms with Crippen LogP contribution in [-0.4, -0.2) is 40.1 Å². The van der Waals surface area contributed by atoms with E-state index in [9.17, 15) is 9.90 Å². The fourth-order valence-corrected chi connectivity index (χ4v) is 3.53. The Morgan fingerprint density at radius 2 is 2.07 bits per heavy atom. The van der Waals surface area contributed by atoms with Gasteiger partial charge in [-0.3, -0.25) is 4.99 Å². The molecule has 0 bridgehead atoms. The van der Waals surface area contributed by atoms with Crippen molar-refractivity contribution in [1.29, 1.82) is 0 Å². The number of rotatable bonds is 6. The zero-order chi connectivity index (χ0) is 20.9. The summed E-state index contributed by atoms with van der Waals surface area (Å²) in [5.74, 6) is 0.419. The third-order valence-electron chi connectivity index (χ3n) is 5.01. The Morgan fingerprint density at radius 3 is 2.87 bits per heavy atom. The van der Waals surface area contributed by atoms with Gasteiger partial charge < -0.3 is 19.7 Å². The lowest BCUT2D eigenvalue weighted by molar-refractivity contribution is 0.0526. The quantitative estimate of drug-likeness (QED) is 0.614. The van der Waals surface area contributed by atoms with Gasteiger partial charge in [-0.25, -0.2) is 9.78 Å². The molecule has 0 radical (unpaired) electrons. The molecule has 2 N–H and O–H groups in total. The van der Waals surface area contributed by atoms with E-state index in [1.165, 1.54) is 0 Å². The number of esters is 1. The van der Waals surface area contributed by atoms with Crippen LogP contribution in [0.5, 0.6) is 0 Å². The molecule has 7 nitrogen and oxygen atoms in total. The molecule has 2 aromatic carbocycles. The standard InChI is InChI=1S/C23H24N4O3/c1-2-30-23(29)19-11-16(10-18(12-19)17-6-4-3-5-7-17)8-9-27-15-26-21-20(28)13-24-14-25-22(21)27/h3-7,10-12,14-15,20,28H,2,8-9,13H2,1H3,(H,24,25). The number of aryl methyl sites for hydroxylation is 2. The minimum Gasteiger partial charge on any atom is -0.462 e. The number of benzene rings is 2. The minimum atomic E-state index is -0.718. The summed E-state index contributed by atoms with van der Waals surface area (Å²) in [5.41, 5.74) is 4.17. The van der Waals surface area contributed by atoms with Gasteiger partial charge in [0.15, 0.2) is 0 Å². The first-order chi connectivity index (χ1) is 14.7. The summed E-state index contributed by atoms with van der Waals surface area (Å²) in [7, 11) is 0. The minimum absolute atomic E-state index is 0.291. The maximum absolute atomic E-state index is 12.4. The van der Waals surface area contributed by atoms with Crippen molar-refractivity contribution < 1.29 is 14.6 Å². The number of anilines is 1. The molecule has 0 amide bonds. The van der Waals surface area contributed by atoms with Crippen LogP contribution in [0, 0.1) is 0 Å². The van der Waals surface area contributed by atoms with Crippen molar-refractivity contribution in [3.63, 3.8) is 0 Å². The van der Waals surface area contributed by atoms with Crippen molar-refractivity contribution in [3.05, 3.63) is 71.7 Å². The molecular weight excluding hydrogens is 380 g/mol. The molecule has 2 heterocycles. The molecule has 0 aliphatic carbocycles. The van der Waals surface area contributed by atoms with Crippen molar-refractivity contribution in [2.75, 3.05) is 18.5 Å². The van der Waals surface area contributed by atoms with Crippen LogP contribution in [0.25, 0.3) is 11.1 Å². The lowest BCUT2D eigenvalue weighted by atomic mass is 9.98. The Morgan fingerprint density at radius 1 is 1.23 bits per heavy atom. The number of hydrogen-bond donors (Lipinski definition) is 2. The first-order valence-electron chi connectivity index (χ1n) is 10.00. The Kier molecular flexibility index (Phi) is 5.90. The number of aliphatic hydroxyl groups is 1. The Labute approximate surface area is 175 Å². The average Bonchev–Trinajstić information content (AvgIpc) is 3.09. The second-order valence-corrected chi connectivity index (χ2v) is 7.08. The van der Waals surface area contributed by atoms with Crippen LogP contribution in [0.1, 0.15) is 34.6 Å². The van der Waals surface area contributed by atoms with Gasteiger partial charge in [0.25, 0.3) is 0 Å². The van der Waals surface area contributed by atoms with Gasteiger partial charge >= 0.3 is 5.97 Å². The van der Waals surface area contributed by atoms with E-state index >= 15 is 0 Å². The Bertz CT molecular complexity index is 1060. The molecular formula is C23H24N4O3. The summed E-state index contributed by atoms with van der Waals surface area (Å²) in [6.07, 6.45) is 3.27. The van der Waals surface area contributed by atoms with E-state index in [-0.39, 0.29) is 5.97 Å². The van der Waals surface area contributed by atoms with E-state index in [0.29, 0.717) is 37.4 Å². The average molecular weight is 404 g/mol. The smallest absolute Gasteiger partial charge is 0.338 e. The molecule has 1 aromatic heterocycles. The van der Waals surface area contributed by atoms with E-state index in [1.54, 1.807) is 19.6 Å². The predicted molar refractivity (Wildman–Crippen MR) is 116 cm³/mol. The van der Waals surface area contributed by atoms with Gasteiger partial charge in [0.1, 0.15) is 17.6 Å². The molecule has 1 unspecified atom stereocenters. The number of imidazole rings is 1. The van der Waals surface area contributed by atoms with Crippen molar-refractivity contribution in [2.45, 2.75) is 26.0 Å². The number of nitrogens with zero attached hydrogens (tertiary/aromatic N) is 3. The van der Waals surface area contributed by atoms with Crippen molar-refractivity contribution in [3.8, 4) is 11.1 Å². The predicted octanol–water partition coefficient (Wildman–Crippen LogP) is 3.46. The van der Waals surface area contributed by atoms with E-state index in [1.807, 2.05) is 47.0 Å². The molecule has 1 aliphatic heterocycles. The van der Waals surface area contributed by atoms with Gasteiger partial charge in [-0.15, -0.1) is 0 Å². The number of aliphatic imine (C=N–C) groups is 1. The normalized spacial score (nSPS) is 15.2. The van der Waals surface area contributed by atoms with E-state index in [0.717, 1.165) is 22.5 Å². The van der Waals surface area contributed by atoms with Crippen LogP contribution >= 0.6 is 0 Å². The molecule has 4 rings (SSSR count). The Balaban J connectivity index is 1.62. The zero-order valence-corrected chi connectivity index (χ0v) is 16.8. The number of carbonyl (C=O) groups excluding carboxylic acids is 1. The van der Waals surface area contributed by atoms with Gasteiger partial charge in [0.05, 0.1) is 31.4 Å². The molecule has 0 spiro atoms. The van der Waals surface area contributed by atoms with Gasteiger partial charge in [0.2, 0.25) is 0 Å². The van der Waals surface area contributed by atoms with Gasteiger partial charge in [-0.05, 0) is 42.2 Å². The molecule has 30 heavy (non-hydrogen) atoms. The zero-order valence-electron chi connectivity index (χ0n) is 16.8.